The van der Waals surface area contributed by atoms with E-state index in [2.05, 4.69) is 14.9 Å². The number of fused-ring (bicyclic) bond motifs is 1. The van der Waals surface area contributed by atoms with Crippen LogP contribution in [0.1, 0.15) is 11.4 Å². The molecule has 1 N–H and O–H groups in total. The van der Waals surface area contributed by atoms with Crippen LogP contribution in [0.3, 0.4) is 0 Å². The molecule has 0 spiro atoms. The predicted molar refractivity (Wildman–Crippen MR) is 100 cm³/mol. The molecule has 0 aliphatic carbocycles. The number of rotatable bonds is 7. The van der Waals surface area contributed by atoms with Gasteiger partial charge in [0.25, 0.3) is 5.56 Å². The number of H-pyrrole nitrogens is 1. The number of hydrogen-bond acceptors (Lipinski definition) is 4. The van der Waals surface area contributed by atoms with Crippen molar-refractivity contribution in [2.75, 3.05) is 26.7 Å². The number of para-hydroxylation sites is 2. The molecule has 130 valence electrons. The Morgan fingerprint density at radius 1 is 1.08 bits per heavy atom. The minimum atomic E-state index is -0.0776. The van der Waals surface area contributed by atoms with Crippen LogP contribution >= 0.6 is 0 Å². The van der Waals surface area contributed by atoms with Crippen LogP contribution in [-0.2, 0) is 6.42 Å². The molecular formula is C20H23N3O2. The molecule has 0 amide bonds. The lowest BCUT2D eigenvalue weighted by atomic mass is 10.2. The van der Waals surface area contributed by atoms with Crippen molar-refractivity contribution >= 4 is 10.9 Å². The summed E-state index contributed by atoms with van der Waals surface area (Å²) in [4.78, 5) is 21.7. The van der Waals surface area contributed by atoms with Crippen LogP contribution in [-0.4, -0.2) is 41.6 Å². The lowest BCUT2D eigenvalue weighted by Gasteiger charge is -2.17. The highest BCUT2D eigenvalue weighted by atomic mass is 16.5. The molecule has 0 unspecified atom stereocenters. The van der Waals surface area contributed by atoms with Crippen molar-refractivity contribution in [1.82, 2.24) is 14.9 Å². The highest BCUT2D eigenvalue weighted by Gasteiger charge is 2.06. The fourth-order valence-electron chi connectivity index (χ4n) is 2.69. The number of aromatic nitrogens is 2. The summed E-state index contributed by atoms with van der Waals surface area (Å²) >= 11 is 0. The topological polar surface area (TPSA) is 58.2 Å². The summed E-state index contributed by atoms with van der Waals surface area (Å²) in [5.74, 6) is 1.65. The van der Waals surface area contributed by atoms with Gasteiger partial charge >= 0.3 is 0 Å². The van der Waals surface area contributed by atoms with Crippen molar-refractivity contribution in [2.45, 2.75) is 13.3 Å². The van der Waals surface area contributed by atoms with Gasteiger partial charge in [0.2, 0.25) is 0 Å². The Labute approximate surface area is 147 Å². The summed E-state index contributed by atoms with van der Waals surface area (Å²) in [6.45, 7) is 4.29. The lowest BCUT2D eigenvalue weighted by Crippen LogP contribution is -2.27. The standard InChI is InChI=1S/C20H23N3O2/c1-15-7-3-6-10-18(15)25-14-13-23(2)12-11-19-21-17-9-5-4-8-16(17)20(24)22-19/h3-10H,11-14H2,1-2H3,(H,21,22,24). The number of aromatic amines is 1. The van der Waals surface area contributed by atoms with E-state index in [0.717, 1.165) is 35.7 Å². The van der Waals surface area contributed by atoms with E-state index in [0.29, 0.717) is 18.4 Å². The maximum absolute atomic E-state index is 12.1. The number of likely N-dealkylation sites (N-methyl/N-ethyl adjacent to an activating group) is 1. The summed E-state index contributed by atoms with van der Waals surface area (Å²) in [6, 6.07) is 15.4. The molecule has 3 rings (SSSR count). The Balaban J connectivity index is 1.51. The van der Waals surface area contributed by atoms with Crippen LogP contribution in [0.15, 0.2) is 53.3 Å². The van der Waals surface area contributed by atoms with Gasteiger partial charge in [-0.1, -0.05) is 30.3 Å². The quantitative estimate of drug-likeness (QED) is 0.720. The van der Waals surface area contributed by atoms with Gasteiger partial charge < -0.3 is 14.6 Å². The van der Waals surface area contributed by atoms with E-state index < -0.39 is 0 Å². The first-order valence-electron chi connectivity index (χ1n) is 8.48. The Hall–Kier alpha value is -2.66. The largest absolute Gasteiger partial charge is 0.492 e. The monoisotopic (exact) mass is 337 g/mol. The number of nitrogens with one attached hydrogen (secondary N) is 1. The number of benzene rings is 2. The molecular weight excluding hydrogens is 314 g/mol. The number of ether oxygens (including phenoxy) is 1. The van der Waals surface area contributed by atoms with Gasteiger partial charge in [-0.05, 0) is 37.7 Å². The zero-order valence-electron chi connectivity index (χ0n) is 14.7. The third-order valence-corrected chi connectivity index (χ3v) is 4.22. The molecule has 0 saturated heterocycles. The van der Waals surface area contributed by atoms with Crippen LogP contribution in [0.25, 0.3) is 10.9 Å². The highest BCUT2D eigenvalue weighted by Crippen LogP contribution is 2.15. The summed E-state index contributed by atoms with van der Waals surface area (Å²) in [6.07, 6.45) is 0.695. The van der Waals surface area contributed by atoms with E-state index in [1.807, 2.05) is 56.4 Å². The Morgan fingerprint density at radius 3 is 2.68 bits per heavy atom. The Bertz CT molecular complexity index is 905. The molecule has 1 heterocycles. The second kappa shape index (κ2) is 7.94. The summed E-state index contributed by atoms with van der Waals surface area (Å²) in [5, 5.41) is 0.631. The van der Waals surface area contributed by atoms with Gasteiger partial charge in [0.15, 0.2) is 0 Å². The van der Waals surface area contributed by atoms with Gasteiger partial charge in [0.05, 0.1) is 10.9 Å². The molecule has 5 heteroatoms. The van der Waals surface area contributed by atoms with Crippen molar-refractivity contribution in [1.29, 1.82) is 0 Å². The first kappa shape index (κ1) is 17.2. The van der Waals surface area contributed by atoms with Gasteiger partial charge in [-0.2, -0.15) is 0 Å². The average Bonchev–Trinajstić information content (AvgIpc) is 2.62. The number of hydrogen-bond donors (Lipinski definition) is 1. The summed E-state index contributed by atoms with van der Waals surface area (Å²) in [5.41, 5.74) is 1.81. The second-order valence-electron chi connectivity index (χ2n) is 6.20. The fraction of sp³-hybridized carbons (Fsp3) is 0.300. The van der Waals surface area contributed by atoms with Gasteiger partial charge in [0, 0.05) is 19.5 Å². The summed E-state index contributed by atoms with van der Waals surface area (Å²) < 4.78 is 5.82. The predicted octanol–water partition coefficient (Wildman–Crippen LogP) is 2.78. The van der Waals surface area contributed by atoms with E-state index in [-0.39, 0.29) is 5.56 Å². The molecule has 0 bridgehead atoms. The maximum Gasteiger partial charge on any atom is 0.258 e. The molecule has 0 fully saturated rings. The normalized spacial score (nSPS) is 11.2. The van der Waals surface area contributed by atoms with Gasteiger partial charge in [0.1, 0.15) is 18.2 Å². The molecule has 3 aromatic rings. The van der Waals surface area contributed by atoms with Crippen molar-refractivity contribution in [2.24, 2.45) is 0 Å². The number of nitrogens with zero attached hydrogens (tertiary/aromatic N) is 2. The maximum atomic E-state index is 12.1. The highest BCUT2D eigenvalue weighted by molar-refractivity contribution is 5.77. The minimum Gasteiger partial charge on any atom is -0.492 e. The van der Waals surface area contributed by atoms with Crippen molar-refractivity contribution in [3.05, 3.63) is 70.3 Å². The van der Waals surface area contributed by atoms with E-state index >= 15 is 0 Å². The van der Waals surface area contributed by atoms with Crippen LogP contribution in [0.5, 0.6) is 5.75 Å². The van der Waals surface area contributed by atoms with E-state index in [9.17, 15) is 4.79 Å². The molecule has 0 aliphatic rings. The molecule has 0 saturated carbocycles. The Kier molecular flexibility index (Phi) is 5.46. The number of aryl methyl sites for hydroxylation is 1. The van der Waals surface area contributed by atoms with E-state index in [4.69, 9.17) is 4.74 Å². The average molecular weight is 337 g/mol. The third kappa shape index (κ3) is 4.45. The molecule has 1 aromatic heterocycles. The van der Waals surface area contributed by atoms with Crippen LogP contribution < -0.4 is 10.3 Å². The SMILES string of the molecule is Cc1ccccc1OCCN(C)CCc1nc2ccccc2c(=O)[nH]1. The van der Waals surface area contributed by atoms with Crippen molar-refractivity contribution < 1.29 is 4.74 Å². The van der Waals surface area contributed by atoms with Gasteiger partial charge in [-0.15, -0.1) is 0 Å². The molecule has 0 radical (unpaired) electrons. The molecule has 25 heavy (non-hydrogen) atoms. The first-order valence-corrected chi connectivity index (χ1v) is 8.48. The second-order valence-corrected chi connectivity index (χ2v) is 6.20. The van der Waals surface area contributed by atoms with E-state index in [1.54, 1.807) is 6.07 Å². The fourth-order valence-corrected chi connectivity index (χ4v) is 2.69. The van der Waals surface area contributed by atoms with Crippen LogP contribution in [0.2, 0.25) is 0 Å². The molecule has 5 nitrogen and oxygen atoms in total. The molecule has 0 atom stereocenters. The Morgan fingerprint density at radius 2 is 1.84 bits per heavy atom. The van der Waals surface area contributed by atoms with Crippen LogP contribution in [0.4, 0.5) is 0 Å². The van der Waals surface area contributed by atoms with Crippen LogP contribution in [0, 0.1) is 6.92 Å². The minimum absolute atomic E-state index is 0.0776. The molecule has 0 aliphatic heterocycles. The first-order chi connectivity index (χ1) is 12.1. The van der Waals surface area contributed by atoms with Crippen molar-refractivity contribution in [3.63, 3.8) is 0 Å². The lowest BCUT2D eigenvalue weighted by molar-refractivity contribution is 0.237. The zero-order chi connectivity index (χ0) is 17.6. The van der Waals surface area contributed by atoms with Crippen molar-refractivity contribution in [3.8, 4) is 5.75 Å². The molecule has 2 aromatic carbocycles. The third-order valence-electron chi connectivity index (χ3n) is 4.22. The smallest absolute Gasteiger partial charge is 0.258 e. The summed E-state index contributed by atoms with van der Waals surface area (Å²) in [7, 11) is 2.04. The zero-order valence-corrected chi connectivity index (χ0v) is 14.7. The van der Waals surface area contributed by atoms with Gasteiger partial charge in [-0.25, -0.2) is 4.98 Å². The van der Waals surface area contributed by atoms with E-state index in [1.165, 1.54) is 0 Å². The van der Waals surface area contributed by atoms with Gasteiger partial charge in [-0.3, -0.25) is 4.79 Å².